The van der Waals surface area contributed by atoms with E-state index < -0.39 is 30.4 Å². The van der Waals surface area contributed by atoms with Crippen molar-refractivity contribution in [3.63, 3.8) is 0 Å². The second-order valence-corrected chi connectivity index (χ2v) is 11.5. The van der Waals surface area contributed by atoms with Crippen molar-refractivity contribution in [1.82, 2.24) is 15.0 Å². The topological polar surface area (TPSA) is 114 Å². The number of furan rings is 1. The highest BCUT2D eigenvalue weighted by Crippen LogP contribution is 2.46. The molecule has 43 heavy (non-hydrogen) atoms. The van der Waals surface area contributed by atoms with Crippen molar-refractivity contribution in [3.8, 4) is 18.2 Å². The smallest absolute Gasteiger partial charge is 0.326 e. The molecule has 10 nitrogen and oxygen atoms in total. The van der Waals surface area contributed by atoms with Gasteiger partial charge in [0, 0.05) is 41.6 Å². The Morgan fingerprint density at radius 1 is 1.26 bits per heavy atom. The first-order valence-electron chi connectivity index (χ1n) is 14.2. The van der Waals surface area contributed by atoms with Crippen LogP contribution in [-0.4, -0.2) is 70.5 Å². The lowest BCUT2D eigenvalue weighted by Gasteiger charge is -2.54. The van der Waals surface area contributed by atoms with Crippen LogP contribution in [0.15, 0.2) is 40.9 Å². The maximum Gasteiger partial charge on any atom is 0.326 e. The van der Waals surface area contributed by atoms with Gasteiger partial charge in [-0.25, -0.2) is 28.5 Å². The van der Waals surface area contributed by atoms with Crippen molar-refractivity contribution in [2.45, 2.75) is 50.8 Å². The largest absolute Gasteiger partial charge is 0.480 e. The third-order valence-electron chi connectivity index (χ3n) is 9.03. The quantitative estimate of drug-likeness (QED) is 0.315. The van der Waals surface area contributed by atoms with Crippen LogP contribution in [-0.2, 0) is 9.53 Å². The van der Waals surface area contributed by atoms with Gasteiger partial charge in [0.25, 0.3) is 6.43 Å². The number of hydrogen-bond acceptors (Lipinski definition) is 9. The maximum atomic E-state index is 13.9. The number of aliphatic carboxylic acids is 1. The fraction of sp³-hybridized carbons (Fsp3) is 0.419. The van der Waals surface area contributed by atoms with Crippen LogP contribution in [0.25, 0.3) is 22.1 Å². The van der Waals surface area contributed by atoms with Gasteiger partial charge in [-0.05, 0) is 38.0 Å². The minimum absolute atomic E-state index is 0.0116. The van der Waals surface area contributed by atoms with E-state index in [4.69, 9.17) is 20.3 Å². The number of para-hydroxylation sites is 1. The van der Waals surface area contributed by atoms with Crippen LogP contribution in [0.3, 0.4) is 0 Å². The SMILES string of the molecule is C#Cc1cnc(O[C@H]2C[C@@H](C(=O)O)N(c3nc(C(F)F)nc4c3oc3ccccc34)C2)c(N2CCCC3(COC3)[C@@H]2C)c1. The van der Waals surface area contributed by atoms with Gasteiger partial charge >= 0.3 is 5.97 Å². The van der Waals surface area contributed by atoms with E-state index >= 15 is 0 Å². The van der Waals surface area contributed by atoms with Gasteiger partial charge in [-0.3, -0.25) is 0 Å². The first-order valence-corrected chi connectivity index (χ1v) is 14.2. The lowest BCUT2D eigenvalue weighted by Crippen LogP contribution is -2.60. The molecule has 3 atom stereocenters. The number of alkyl halides is 2. The van der Waals surface area contributed by atoms with E-state index in [1.807, 2.05) is 6.07 Å². The number of carbonyl (C=O) groups is 1. The lowest BCUT2D eigenvalue weighted by atomic mass is 9.72. The standard InChI is InChI=1S/C31H29F2N5O5/c1-3-18-11-21(37-10-6-9-31(17(37)2)15-41-16-31)29(34-13-18)42-19-12-22(30(39)40)38(14-19)28-25-24(35-27(36-28)26(32)33)20-7-4-5-8-23(20)43-25/h1,4-5,7-8,11,13,17,19,22,26H,6,9-10,12,14-16H2,2H3,(H,39,40)/t17-,19-,22-/m0/s1. The van der Waals surface area contributed by atoms with E-state index in [1.54, 1.807) is 30.5 Å². The second kappa shape index (κ2) is 10.3. The minimum Gasteiger partial charge on any atom is -0.480 e. The molecule has 12 heteroatoms. The summed E-state index contributed by atoms with van der Waals surface area (Å²) in [7, 11) is 0. The molecule has 0 radical (unpaired) electrons. The first kappa shape index (κ1) is 27.3. The average molecular weight is 590 g/mol. The zero-order valence-electron chi connectivity index (χ0n) is 23.4. The molecule has 222 valence electrons. The fourth-order valence-corrected chi connectivity index (χ4v) is 6.62. The number of anilines is 2. The number of piperidine rings is 1. The zero-order chi connectivity index (χ0) is 29.9. The average Bonchev–Trinajstić information content (AvgIpc) is 3.58. The summed E-state index contributed by atoms with van der Waals surface area (Å²) in [6.45, 7) is 4.38. The number of ether oxygens (including phenoxy) is 2. The van der Waals surface area contributed by atoms with E-state index in [-0.39, 0.29) is 41.3 Å². The molecule has 3 aliphatic rings. The Hall–Kier alpha value is -4.50. The number of carboxylic acid groups (broad SMARTS) is 1. The number of rotatable bonds is 6. The molecule has 4 aromatic rings. The van der Waals surface area contributed by atoms with E-state index in [0.29, 0.717) is 35.6 Å². The fourth-order valence-electron chi connectivity index (χ4n) is 6.62. The van der Waals surface area contributed by atoms with Crippen molar-refractivity contribution in [1.29, 1.82) is 0 Å². The normalized spacial score (nSPS) is 23.2. The van der Waals surface area contributed by atoms with Gasteiger partial charge in [0.15, 0.2) is 17.2 Å². The number of pyridine rings is 1. The molecule has 3 aliphatic heterocycles. The van der Waals surface area contributed by atoms with Gasteiger partial charge in [-0.15, -0.1) is 6.42 Å². The molecule has 0 aliphatic carbocycles. The summed E-state index contributed by atoms with van der Waals surface area (Å²) in [6.07, 6.45) is 5.76. The molecule has 3 aromatic heterocycles. The van der Waals surface area contributed by atoms with E-state index in [0.717, 1.165) is 25.1 Å². The predicted octanol–water partition coefficient (Wildman–Crippen LogP) is 4.81. The van der Waals surface area contributed by atoms with Crippen molar-refractivity contribution in [2.24, 2.45) is 5.41 Å². The summed E-state index contributed by atoms with van der Waals surface area (Å²) in [5.41, 5.74) is 2.17. The number of carboxylic acids is 1. The molecule has 1 aromatic carbocycles. The summed E-state index contributed by atoms with van der Waals surface area (Å²) in [5, 5.41) is 10.7. The van der Waals surface area contributed by atoms with Crippen molar-refractivity contribution in [2.75, 3.05) is 36.1 Å². The van der Waals surface area contributed by atoms with Gasteiger partial charge in [0.05, 0.1) is 19.8 Å². The summed E-state index contributed by atoms with van der Waals surface area (Å²) >= 11 is 0. The number of benzene rings is 1. The molecule has 0 amide bonds. The number of aromatic nitrogens is 3. The van der Waals surface area contributed by atoms with Crippen LogP contribution in [0.5, 0.6) is 5.88 Å². The van der Waals surface area contributed by atoms with Gasteiger partial charge in [0.2, 0.25) is 5.88 Å². The van der Waals surface area contributed by atoms with Gasteiger partial charge in [-0.1, -0.05) is 18.1 Å². The molecule has 0 unspecified atom stereocenters. The molecule has 6 heterocycles. The highest BCUT2D eigenvalue weighted by Gasteiger charge is 2.49. The Labute approximate surface area is 245 Å². The van der Waals surface area contributed by atoms with Crippen LogP contribution in [0, 0.1) is 17.8 Å². The molecule has 0 saturated carbocycles. The highest BCUT2D eigenvalue weighted by molar-refractivity contribution is 6.06. The van der Waals surface area contributed by atoms with Crippen LogP contribution in [0.1, 0.15) is 44.0 Å². The first-order chi connectivity index (χ1) is 20.8. The Morgan fingerprint density at radius 2 is 2.07 bits per heavy atom. The zero-order valence-corrected chi connectivity index (χ0v) is 23.4. The number of terminal acetylenes is 1. The molecular formula is C31H29F2N5O5. The second-order valence-electron chi connectivity index (χ2n) is 11.5. The van der Waals surface area contributed by atoms with Crippen LogP contribution in [0.4, 0.5) is 20.3 Å². The lowest BCUT2D eigenvalue weighted by molar-refractivity contribution is -0.138. The van der Waals surface area contributed by atoms with Crippen molar-refractivity contribution in [3.05, 3.63) is 47.9 Å². The van der Waals surface area contributed by atoms with Crippen LogP contribution >= 0.6 is 0 Å². The number of halogens is 2. The third kappa shape index (κ3) is 4.50. The summed E-state index contributed by atoms with van der Waals surface area (Å²) in [6, 6.07) is 7.82. The van der Waals surface area contributed by atoms with Gasteiger partial charge in [0.1, 0.15) is 28.9 Å². The van der Waals surface area contributed by atoms with E-state index in [2.05, 4.69) is 32.7 Å². The number of nitrogens with zero attached hydrogens (tertiary/aromatic N) is 5. The maximum absolute atomic E-state index is 13.9. The van der Waals surface area contributed by atoms with E-state index in [1.165, 1.54) is 4.90 Å². The third-order valence-corrected chi connectivity index (χ3v) is 9.03. The van der Waals surface area contributed by atoms with Crippen molar-refractivity contribution >= 4 is 39.5 Å². The molecule has 3 saturated heterocycles. The van der Waals surface area contributed by atoms with Crippen LogP contribution in [0.2, 0.25) is 0 Å². The van der Waals surface area contributed by atoms with Gasteiger partial charge in [-0.2, -0.15) is 0 Å². The Bertz CT molecular complexity index is 1770. The minimum atomic E-state index is -2.97. The Morgan fingerprint density at radius 3 is 2.79 bits per heavy atom. The molecular weight excluding hydrogens is 560 g/mol. The van der Waals surface area contributed by atoms with E-state index in [9.17, 15) is 18.7 Å². The number of hydrogen-bond donors (Lipinski definition) is 1. The molecule has 7 rings (SSSR count). The molecule has 0 bridgehead atoms. The Balaban J connectivity index is 1.25. The molecule has 3 fully saturated rings. The summed E-state index contributed by atoms with van der Waals surface area (Å²) in [4.78, 5) is 28.9. The predicted molar refractivity (Wildman–Crippen MR) is 154 cm³/mol. The monoisotopic (exact) mass is 589 g/mol. The highest BCUT2D eigenvalue weighted by atomic mass is 19.3. The van der Waals surface area contributed by atoms with Crippen molar-refractivity contribution < 1.29 is 32.6 Å². The molecule has 1 N–H and O–H groups in total. The molecule has 1 spiro atoms. The summed E-state index contributed by atoms with van der Waals surface area (Å²) < 4.78 is 45.9. The van der Waals surface area contributed by atoms with Gasteiger partial charge < -0.3 is 28.8 Å². The Kier molecular flexibility index (Phi) is 6.58. The number of fused-ring (bicyclic) bond motifs is 3. The van der Waals surface area contributed by atoms with Crippen LogP contribution < -0.4 is 14.5 Å². The summed E-state index contributed by atoms with van der Waals surface area (Å²) in [5.74, 6) is 1.12.